The van der Waals surface area contributed by atoms with Gasteiger partial charge in [-0.15, -0.1) is 0 Å². The molecule has 0 aromatic rings. The molecule has 0 bridgehead atoms. The summed E-state index contributed by atoms with van der Waals surface area (Å²) in [5.74, 6) is -0.329. The Morgan fingerprint density at radius 2 is 1.70 bits per heavy atom. The summed E-state index contributed by atoms with van der Waals surface area (Å²) >= 11 is 0. The van der Waals surface area contributed by atoms with Gasteiger partial charge in [-0.05, 0) is 75.9 Å². The summed E-state index contributed by atoms with van der Waals surface area (Å²) in [7, 11) is 0. The molecule has 2 aliphatic rings. The third kappa shape index (κ3) is 5.67. The highest BCUT2D eigenvalue weighted by Crippen LogP contribution is 2.33. The standard InChI is InChI=1S/C19H36F2N2/c1-14(2)17-7-9-23(10-8-17)16(4)6-5-15(3)18-11-19(20,21)13-22-12-18/h14-18,22H,5-13H2,1-4H3. The molecule has 0 saturated carbocycles. The Labute approximate surface area is 141 Å². The van der Waals surface area contributed by atoms with Gasteiger partial charge in [0.1, 0.15) is 0 Å². The van der Waals surface area contributed by atoms with Crippen molar-refractivity contribution >= 4 is 0 Å². The van der Waals surface area contributed by atoms with E-state index in [2.05, 4.69) is 37.9 Å². The van der Waals surface area contributed by atoms with Gasteiger partial charge in [0.25, 0.3) is 5.92 Å². The lowest BCUT2D eigenvalue weighted by molar-refractivity contribution is -0.0486. The number of likely N-dealkylation sites (tertiary alicyclic amines) is 1. The van der Waals surface area contributed by atoms with Gasteiger partial charge in [0.05, 0.1) is 6.54 Å². The normalized spacial score (nSPS) is 29.6. The van der Waals surface area contributed by atoms with Crippen LogP contribution < -0.4 is 5.32 Å². The number of halogens is 2. The van der Waals surface area contributed by atoms with E-state index in [4.69, 9.17) is 0 Å². The Morgan fingerprint density at radius 1 is 1.04 bits per heavy atom. The van der Waals surface area contributed by atoms with E-state index in [0.717, 1.165) is 31.2 Å². The molecule has 4 heteroatoms. The Balaban J connectivity index is 1.71. The molecule has 2 fully saturated rings. The molecule has 0 spiro atoms. The van der Waals surface area contributed by atoms with Crippen molar-refractivity contribution in [2.45, 2.75) is 71.8 Å². The van der Waals surface area contributed by atoms with Crippen LogP contribution in [0.3, 0.4) is 0 Å². The van der Waals surface area contributed by atoms with E-state index < -0.39 is 5.92 Å². The first-order valence-corrected chi connectivity index (χ1v) is 9.61. The topological polar surface area (TPSA) is 15.3 Å². The molecule has 2 aliphatic heterocycles. The van der Waals surface area contributed by atoms with E-state index in [1.54, 1.807) is 0 Å². The summed E-state index contributed by atoms with van der Waals surface area (Å²) in [6.07, 6.45) is 4.89. The molecule has 2 rings (SSSR count). The van der Waals surface area contributed by atoms with Crippen molar-refractivity contribution in [1.82, 2.24) is 10.2 Å². The Hall–Kier alpha value is -0.220. The van der Waals surface area contributed by atoms with Crippen molar-refractivity contribution in [3.63, 3.8) is 0 Å². The fourth-order valence-electron chi connectivity index (χ4n) is 4.32. The Bertz CT molecular complexity index is 351. The highest BCUT2D eigenvalue weighted by atomic mass is 19.3. The van der Waals surface area contributed by atoms with E-state index in [0.29, 0.717) is 12.0 Å². The molecule has 0 radical (unpaired) electrons. The maximum absolute atomic E-state index is 13.5. The molecular weight excluding hydrogens is 294 g/mol. The molecule has 0 aromatic heterocycles. The zero-order valence-corrected chi connectivity index (χ0v) is 15.5. The number of rotatable bonds is 6. The summed E-state index contributed by atoms with van der Waals surface area (Å²) in [4.78, 5) is 2.61. The monoisotopic (exact) mass is 330 g/mol. The van der Waals surface area contributed by atoms with Gasteiger partial charge >= 0.3 is 0 Å². The van der Waals surface area contributed by atoms with Gasteiger partial charge < -0.3 is 10.2 Å². The maximum atomic E-state index is 13.5. The lowest BCUT2D eigenvalue weighted by Gasteiger charge is -2.38. The molecule has 0 aliphatic carbocycles. The van der Waals surface area contributed by atoms with Crippen LogP contribution in [0, 0.1) is 23.7 Å². The molecule has 0 aromatic carbocycles. The van der Waals surface area contributed by atoms with Crippen LogP contribution in [0.1, 0.15) is 59.8 Å². The van der Waals surface area contributed by atoms with E-state index >= 15 is 0 Å². The lowest BCUT2D eigenvalue weighted by Crippen LogP contribution is -2.46. The predicted octanol–water partition coefficient (Wildman–Crippen LogP) is 4.40. The summed E-state index contributed by atoms with van der Waals surface area (Å²) in [5.41, 5.74) is 0. The summed E-state index contributed by atoms with van der Waals surface area (Å²) in [6, 6.07) is 0.586. The SMILES string of the molecule is CC(C)C1CCN(C(C)CCC(C)C2CNCC(F)(F)C2)CC1. The van der Waals surface area contributed by atoms with Crippen molar-refractivity contribution in [2.75, 3.05) is 26.2 Å². The highest BCUT2D eigenvalue weighted by molar-refractivity contribution is 4.85. The zero-order valence-electron chi connectivity index (χ0n) is 15.5. The van der Waals surface area contributed by atoms with Crippen LogP contribution >= 0.6 is 0 Å². The minimum absolute atomic E-state index is 0.0648. The van der Waals surface area contributed by atoms with E-state index in [1.807, 2.05) is 0 Å². The average molecular weight is 331 g/mol. The van der Waals surface area contributed by atoms with Crippen molar-refractivity contribution in [1.29, 1.82) is 0 Å². The number of nitrogens with zero attached hydrogens (tertiary/aromatic N) is 1. The number of piperidine rings is 2. The van der Waals surface area contributed by atoms with Crippen LogP contribution in [0.25, 0.3) is 0 Å². The van der Waals surface area contributed by atoms with E-state index in [9.17, 15) is 8.78 Å². The van der Waals surface area contributed by atoms with Gasteiger partial charge in [0, 0.05) is 12.5 Å². The summed E-state index contributed by atoms with van der Waals surface area (Å²) in [6.45, 7) is 12.2. The quantitative estimate of drug-likeness (QED) is 0.776. The van der Waals surface area contributed by atoms with Crippen molar-refractivity contribution < 1.29 is 8.78 Å². The molecule has 3 atom stereocenters. The van der Waals surface area contributed by atoms with Gasteiger partial charge in [-0.2, -0.15) is 0 Å². The first-order chi connectivity index (χ1) is 10.8. The van der Waals surface area contributed by atoms with Crippen molar-refractivity contribution in [3.05, 3.63) is 0 Å². The number of hydrogen-bond acceptors (Lipinski definition) is 2. The predicted molar refractivity (Wildman–Crippen MR) is 92.9 cm³/mol. The fraction of sp³-hybridized carbons (Fsp3) is 1.00. The molecule has 23 heavy (non-hydrogen) atoms. The first kappa shape index (κ1) is 19.1. The molecule has 3 unspecified atom stereocenters. The second kappa shape index (κ2) is 8.24. The molecule has 2 saturated heterocycles. The van der Waals surface area contributed by atoms with Crippen LogP contribution in [0.2, 0.25) is 0 Å². The van der Waals surface area contributed by atoms with Gasteiger partial charge in [0.2, 0.25) is 0 Å². The summed E-state index contributed by atoms with van der Waals surface area (Å²) in [5, 5.41) is 2.91. The minimum Gasteiger partial charge on any atom is -0.311 e. The molecule has 2 nitrogen and oxygen atoms in total. The fourth-order valence-corrected chi connectivity index (χ4v) is 4.32. The average Bonchev–Trinajstić information content (AvgIpc) is 2.51. The van der Waals surface area contributed by atoms with Crippen LogP contribution in [-0.4, -0.2) is 43.0 Å². The number of alkyl halides is 2. The van der Waals surface area contributed by atoms with Crippen LogP contribution in [0.5, 0.6) is 0 Å². The van der Waals surface area contributed by atoms with Crippen LogP contribution in [0.4, 0.5) is 8.78 Å². The molecule has 136 valence electrons. The largest absolute Gasteiger partial charge is 0.311 e. The van der Waals surface area contributed by atoms with E-state index in [-0.39, 0.29) is 18.9 Å². The smallest absolute Gasteiger partial charge is 0.260 e. The van der Waals surface area contributed by atoms with Gasteiger partial charge in [-0.1, -0.05) is 20.8 Å². The van der Waals surface area contributed by atoms with Crippen LogP contribution in [-0.2, 0) is 0 Å². The van der Waals surface area contributed by atoms with Gasteiger partial charge in [-0.3, -0.25) is 0 Å². The van der Waals surface area contributed by atoms with Crippen LogP contribution in [0.15, 0.2) is 0 Å². The minimum atomic E-state index is -2.51. The van der Waals surface area contributed by atoms with Gasteiger partial charge in [0.15, 0.2) is 0 Å². The molecular formula is C19H36F2N2. The molecule has 0 amide bonds. The lowest BCUT2D eigenvalue weighted by atomic mass is 9.82. The first-order valence-electron chi connectivity index (χ1n) is 9.61. The molecule has 2 heterocycles. The number of hydrogen-bond donors (Lipinski definition) is 1. The van der Waals surface area contributed by atoms with Crippen molar-refractivity contribution in [3.8, 4) is 0 Å². The zero-order chi connectivity index (χ0) is 17.0. The van der Waals surface area contributed by atoms with E-state index in [1.165, 1.54) is 25.9 Å². The summed E-state index contributed by atoms with van der Waals surface area (Å²) < 4.78 is 27.1. The second-order valence-corrected chi connectivity index (χ2v) is 8.47. The Morgan fingerprint density at radius 3 is 2.26 bits per heavy atom. The number of nitrogens with one attached hydrogen (secondary N) is 1. The van der Waals surface area contributed by atoms with Gasteiger partial charge in [-0.25, -0.2) is 8.78 Å². The maximum Gasteiger partial charge on any atom is 0.260 e. The second-order valence-electron chi connectivity index (χ2n) is 8.47. The Kier molecular flexibility index (Phi) is 6.85. The third-order valence-electron chi connectivity index (χ3n) is 6.34. The third-order valence-corrected chi connectivity index (χ3v) is 6.34. The van der Waals surface area contributed by atoms with Crippen molar-refractivity contribution in [2.24, 2.45) is 23.7 Å². The highest BCUT2D eigenvalue weighted by Gasteiger charge is 2.38. The molecule has 1 N–H and O–H groups in total.